The van der Waals surface area contributed by atoms with Crippen LogP contribution in [-0.2, 0) is 16.1 Å². The van der Waals surface area contributed by atoms with Crippen molar-refractivity contribution in [2.75, 3.05) is 0 Å². The number of pyridine rings is 1. The molecule has 26 heavy (non-hydrogen) atoms. The van der Waals surface area contributed by atoms with Gasteiger partial charge in [-0.15, -0.1) is 11.3 Å². The standard InChI is InChI=1S/C19H15FN2O3S/c20-14-8-6-13(7-9-14)12-22-18(23)17(15-4-1-2-10-21-15)25-19(24)16-5-3-11-26-16/h1-11,17H,12H2,(H,22,23)/t17-/m0/s1. The van der Waals surface area contributed by atoms with Gasteiger partial charge in [0.25, 0.3) is 5.91 Å². The van der Waals surface area contributed by atoms with Gasteiger partial charge in [-0.25, -0.2) is 9.18 Å². The number of nitrogens with one attached hydrogen (secondary N) is 1. The van der Waals surface area contributed by atoms with Crippen LogP contribution in [0.25, 0.3) is 0 Å². The van der Waals surface area contributed by atoms with Gasteiger partial charge in [-0.2, -0.15) is 0 Å². The summed E-state index contributed by atoms with van der Waals surface area (Å²) in [7, 11) is 0. The van der Waals surface area contributed by atoms with Crippen LogP contribution in [0.2, 0.25) is 0 Å². The largest absolute Gasteiger partial charge is 0.441 e. The van der Waals surface area contributed by atoms with Crippen LogP contribution in [0.15, 0.2) is 66.2 Å². The number of thiophene rings is 1. The molecule has 0 saturated heterocycles. The molecule has 0 bridgehead atoms. The number of rotatable bonds is 6. The summed E-state index contributed by atoms with van der Waals surface area (Å²) < 4.78 is 18.3. The van der Waals surface area contributed by atoms with E-state index in [9.17, 15) is 14.0 Å². The number of carbonyl (C=O) groups excluding carboxylic acids is 2. The van der Waals surface area contributed by atoms with E-state index in [2.05, 4.69) is 10.3 Å². The summed E-state index contributed by atoms with van der Waals surface area (Å²) in [5.41, 5.74) is 1.05. The van der Waals surface area contributed by atoms with Crippen LogP contribution < -0.4 is 5.32 Å². The van der Waals surface area contributed by atoms with Gasteiger partial charge in [0.2, 0.25) is 6.10 Å². The highest BCUT2D eigenvalue weighted by molar-refractivity contribution is 7.11. The molecular weight excluding hydrogens is 355 g/mol. The van der Waals surface area contributed by atoms with Crippen molar-refractivity contribution in [3.63, 3.8) is 0 Å². The first-order valence-corrected chi connectivity index (χ1v) is 8.69. The monoisotopic (exact) mass is 370 g/mol. The topological polar surface area (TPSA) is 68.3 Å². The quantitative estimate of drug-likeness (QED) is 0.675. The molecule has 3 rings (SSSR count). The molecule has 0 aliphatic carbocycles. The van der Waals surface area contributed by atoms with Gasteiger partial charge in [-0.3, -0.25) is 9.78 Å². The van der Waals surface area contributed by atoms with Gasteiger partial charge in [0, 0.05) is 12.7 Å². The predicted octanol–water partition coefficient (Wildman–Crippen LogP) is 3.50. The summed E-state index contributed by atoms with van der Waals surface area (Å²) in [5, 5.41) is 4.44. The van der Waals surface area contributed by atoms with E-state index in [0.717, 1.165) is 5.56 Å². The number of hydrogen-bond acceptors (Lipinski definition) is 5. The molecule has 1 amide bonds. The van der Waals surface area contributed by atoms with Crippen LogP contribution in [-0.4, -0.2) is 16.9 Å². The average Bonchev–Trinajstić information content (AvgIpc) is 3.21. The van der Waals surface area contributed by atoms with Crippen LogP contribution in [0, 0.1) is 5.82 Å². The SMILES string of the molecule is O=C(O[C@H](C(=O)NCc1ccc(F)cc1)c1ccccn1)c1cccs1. The van der Waals surface area contributed by atoms with Gasteiger partial charge in [-0.1, -0.05) is 24.3 Å². The summed E-state index contributed by atoms with van der Waals surface area (Å²) in [6.07, 6.45) is 0.348. The highest BCUT2D eigenvalue weighted by Crippen LogP contribution is 2.20. The molecule has 1 aromatic carbocycles. The highest BCUT2D eigenvalue weighted by atomic mass is 32.1. The number of amides is 1. The number of hydrogen-bond donors (Lipinski definition) is 1. The zero-order valence-electron chi connectivity index (χ0n) is 13.6. The van der Waals surface area contributed by atoms with E-state index in [1.165, 1.54) is 29.7 Å². The lowest BCUT2D eigenvalue weighted by molar-refractivity contribution is -0.130. The number of benzene rings is 1. The molecule has 132 valence electrons. The first-order chi connectivity index (χ1) is 12.6. The summed E-state index contributed by atoms with van der Waals surface area (Å²) in [6, 6.07) is 14.2. The molecule has 0 aliphatic rings. The van der Waals surface area contributed by atoms with Crippen molar-refractivity contribution in [3.8, 4) is 0 Å². The maximum absolute atomic E-state index is 13.0. The third-order valence-corrected chi connectivity index (χ3v) is 4.37. The summed E-state index contributed by atoms with van der Waals surface area (Å²) in [5.74, 6) is -1.44. The molecule has 2 heterocycles. The number of nitrogens with zero attached hydrogens (tertiary/aromatic N) is 1. The molecule has 1 atom stereocenters. The van der Waals surface area contributed by atoms with Crippen molar-refractivity contribution in [2.45, 2.75) is 12.6 Å². The van der Waals surface area contributed by atoms with E-state index < -0.39 is 18.0 Å². The minimum atomic E-state index is -1.17. The number of esters is 1. The van der Waals surface area contributed by atoms with Gasteiger partial charge in [-0.05, 0) is 41.3 Å². The lowest BCUT2D eigenvalue weighted by Crippen LogP contribution is -2.32. The minimum absolute atomic E-state index is 0.180. The van der Waals surface area contributed by atoms with Gasteiger partial charge in [0.15, 0.2) is 0 Å². The summed E-state index contributed by atoms with van der Waals surface area (Å²) in [6.45, 7) is 0.180. The van der Waals surface area contributed by atoms with Crippen molar-refractivity contribution in [3.05, 3.63) is 88.1 Å². The molecule has 0 spiro atoms. The van der Waals surface area contributed by atoms with Crippen molar-refractivity contribution in [1.29, 1.82) is 0 Å². The Morgan fingerprint density at radius 3 is 2.58 bits per heavy atom. The molecule has 2 aromatic heterocycles. The molecule has 3 aromatic rings. The second-order valence-electron chi connectivity index (χ2n) is 5.36. The lowest BCUT2D eigenvalue weighted by atomic mass is 10.2. The van der Waals surface area contributed by atoms with Crippen molar-refractivity contribution in [1.82, 2.24) is 10.3 Å². The fraction of sp³-hybridized carbons (Fsp3) is 0.105. The molecule has 7 heteroatoms. The minimum Gasteiger partial charge on any atom is -0.441 e. The maximum Gasteiger partial charge on any atom is 0.349 e. The normalized spacial score (nSPS) is 11.6. The van der Waals surface area contributed by atoms with Crippen molar-refractivity contribution >= 4 is 23.2 Å². The molecule has 1 N–H and O–H groups in total. The summed E-state index contributed by atoms with van der Waals surface area (Å²) >= 11 is 1.23. The van der Waals surface area contributed by atoms with Crippen molar-refractivity contribution < 1.29 is 18.7 Å². The van der Waals surface area contributed by atoms with Crippen molar-refractivity contribution in [2.24, 2.45) is 0 Å². The van der Waals surface area contributed by atoms with Crippen LogP contribution in [0.4, 0.5) is 4.39 Å². The molecule has 0 radical (unpaired) electrons. The van der Waals surface area contributed by atoms with Crippen LogP contribution in [0.3, 0.4) is 0 Å². The molecule has 0 saturated carbocycles. The first-order valence-electron chi connectivity index (χ1n) is 7.81. The van der Waals surface area contributed by atoms with E-state index in [4.69, 9.17) is 4.74 Å². The van der Waals surface area contributed by atoms with Crippen LogP contribution >= 0.6 is 11.3 Å². The fourth-order valence-corrected chi connectivity index (χ4v) is 2.83. The zero-order valence-corrected chi connectivity index (χ0v) is 14.4. The van der Waals surface area contributed by atoms with E-state index in [-0.39, 0.29) is 12.4 Å². The molecule has 0 fully saturated rings. The van der Waals surface area contributed by atoms with E-state index in [1.807, 2.05) is 0 Å². The van der Waals surface area contributed by atoms with E-state index >= 15 is 0 Å². The van der Waals surface area contributed by atoms with Crippen LogP contribution in [0.5, 0.6) is 0 Å². The Balaban J connectivity index is 1.73. The third-order valence-electron chi connectivity index (χ3n) is 3.52. The Labute approximate surface area is 153 Å². The van der Waals surface area contributed by atoms with Gasteiger partial charge in [0.05, 0.1) is 5.69 Å². The molecular formula is C19H15FN2O3S. The smallest absolute Gasteiger partial charge is 0.349 e. The number of aromatic nitrogens is 1. The predicted molar refractivity (Wildman–Crippen MR) is 95.0 cm³/mol. The molecule has 0 aliphatic heterocycles. The van der Waals surface area contributed by atoms with Gasteiger partial charge < -0.3 is 10.1 Å². The number of ether oxygens (including phenoxy) is 1. The van der Waals surface area contributed by atoms with Gasteiger partial charge in [0.1, 0.15) is 10.7 Å². The molecule has 5 nitrogen and oxygen atoms in total. The highest BCUT2D eigenvalue weighted by Gasteiger charge is 2.27. The fourth-order valence-electron chi connectivity index (χ4n) is 2.22. The second kappa shape index (κ2) is 8.35. The van der Waals surface area contributed by atoms with E-state index in [1.54, 1.807) is 47.8 Å². The second-order valence-corrected chi connectivity index (χ2v) is 6.31. The first kappa shape index (κ1) is 17.8. The Kier molecular flexibility index (Phi) is 5.70. The zero-order chi connectivity index (χ0) is 18.4. The maximum atomic E-state index is 13.0. The van der Waals surface area contributed by atoms with E-state index in [0.29, 0.717) is 10.6 Å². The van der Waals surface area contributed by atoms with Gasteiger partial charge >= 0.3 is 5.97 Å². The number of carbonyl (C=O) groups is 2. The Morgan fingerprint density at radius 2 is 1.92 bits per heavy atom. The average molecular weight is 370 g/mol. The lowest BCUT2D eigenvalue weighted by Gasteiger charge is -2.17. The Morgan fingerprint density at radius 1 is 1.12 bits per heavy atom. The third kappa shape index (κ3) is 4.52. The number of halogens is 1. The molecule has 0 unspecified atom stereocenters. The Hall–Kier alpha value is -3.06. The summed E-state index contributed by atoms with van der Waals surface area (Å²) in [4.78, 5) is 29.4. The Bertz CT molecular complexity index is 868. The van der Waals surface area contributed by atoms with Crippen LogP contribution in [0.1, 0.15) is 27.0 Å².